The molecule has 1 aromatic heterocycles. The van der Waals surface area contributed by atoms with Gasteiger partial charge in [0.05, 0.1) is 30.8 Å². The summed E-state index contributed by atoms with van der Waals surface area (Å²) in [5, 5.41) is 3.06. The molecule has 1 aliphatic heterocycles. The maximum Gasteiger partial charge on any atom is 0.410 e. The predicted molar refractivity (Wildman–Crippen MR) is 95.6 cm³/mol. The highest BCUT2D eigenvalue weighted by molar-refractivity contribution is 6.29. The van der Waals surface area contributed by atoms with Crippen molar-refractivity contribution in [3.8, 4) is 0 Å². The summed E-state index contributed by atoms with van der Waals surface area (Å²) >= 11 is 5.95. The van der Waals surface area contributed by atoms with Crippen LogP contribution >= 0.6 is 11.6 Å². The second-order valence-electron chi connectivity index (χ2n) is 7.19. The molecule has 0 spiro atoms. The molecule has 26 heavy (non-hydrogen) atoms. The van der Waals surface area contributed by atoms with Crippen LogP contribution in [-0.4, -0.2) is 58.8 Å². The molecule has 0 radical (unpaired) electrons. The molecule has 0 aromatic carbocycles. The second kappa shape index (κ2) is 8.64. The summed E-state index contributed by atoms with van der Waals surface area (Å²) in [7, 11) is 1.57. The van der Waals surface area contributed by atoms with Crippen LogP contribution < -0.4 is 5.32 Å². The maximum absolute atomic E-state index is 12.5. The van der Waals surface area contributed by atoms with E-state index >= 15 is 0 Å². The normalized spacial score (nSPS) is 20.1. The van der Waals surface area contributed by atoms with Gasteiger partial charge in [0.25, 0.3) is 0 Å². The van der Waals surface area contributed by atoms with E-state index in [1.165, 1.54) is 12.4 Å². The summed E-state index contributed by atoms with van der Waals surface area (Å²) in [6.07, 6.45) is 3.07. The molecule has 1 fully saturated rings. The molecule has 1 aromatic rings. The third-order valence-corrected chi connectivity index (χ3v) is 4.24. The number of nitrogens with zero attached hydrogens (tertiary/aromatic N) is 3. The molecule has 0 bridgehead atoms. The fourth-order valence-corrected chi connectivity index (χ4v) is 2.96. The van der Waals surface area contributed by atoms with E-state index in [1.807, 2.05) is 0 Å². The number of carbonyl (C=O) groups is 2. The number of hydrogen-bond donors (Lipinski definition) is 1. The van der Waals surface area contributed by atoms with Gasteiger partial charge in [-0.2, -0.15) is 0 Å². The number of methoxy groups -OCH3 is 1. The van der Waals surface area contributed by atoms with Gasteiger partial charge in [-0.05, 0) is 27.2 Å². The van der Waals surface area contributed by atoms with Crippen LogP contribution in [0.4, 0.5) is 4.79 Å². The largest absolute Gasteiger partial charge is 0.444 e. The van der Waals surface area contributed by atoms with Crippen molar-refractivity contribution in [2.45, 2.75) is 45.4 Å². The zero-order valence-electron chi connectivity index (χ0n) is 15.5. The minimum atomic E-state index is -0.599. The second-order valence-corrected chi connectivity index (χ2v) is 7.54. The molecule has 9 heteroatoms. The topological polar surface area (TPSA) is 93.6 Å². The van der Waals surface area contributed by atoms with Crippen molar-refractivity contribution in [3.63, 3.8) is 0 Å². The summed E-state index contributed by atoms with van der Waals surface area (Å²) in [6, 6.07) is -0.203. The first-order valence-corrected chi connectivity index (χ1v) is 8.80. The van der Waals surface area contributed by atoms with E-state index in [0.29, 0.717) is 18.7 Å². The Hall–Kier alpha value is -1.93. The van der Waals surface area contributed by atoms with Crippen LogP contribution in [0.2, 0.25) is 5.15 Å². The van der Waals surface area contributed by atoms with Gasteiger partial charge in [-0.1, -0.05) is 11.6 Å². The van der Waals surface area contributed by atoms with Crippen molar-refractivity contribution >= 4 is 23.6 Å². The molecule has 2 atom stereocenters. The standard InChI is InChI=1S/C17H25ClN4O4/c1-17(2,3)26-16(24)22-9-11(7-12(22)10-25-4)15(23)21-8-13-14(18)20-6-5-19-13/h5-6,11-12H,7-10H2,1-4H3,(H,21,23)/t11?,12-/m1/s1. The lowest BCUT2D eigenvalue weighted by Gasteiger charge is -2.28. The molecule has 2 rings (SSSR count). The SMILES string of the molecule is COC[C@H]1CC(C(=O)NCc2nccnc2Cl)CN1C(=O)OC(C)(C)C. The van der Waals surface area contributed by atoms with Crippen LogP contribution in [0.15, 0.2) is 12.4 Å². The molecule has 1 aliphatic rings. The van der Waals surface area contributed by atoms with Gasteiger partial charge in [0.1, 0.15) is 5.60 Å². The zero-order valence-corrected chi connectivity index (χ0v) is 16.2. The molecule has 2 amide bonds. The van der Waals surface area contributed by atoms with Crippen LogP contribution in [0.25, 0.3) is 0 Å². The fourth-order valence-electron chi connectivity index (χ4n) is 2.78. The fraction of sp³-hybridized carbons (Fsp3) is 0.647. The summed E-state index contributed by atoms with van der Waals surface area (Å²) < 4.78 is 10.6. The molecule has 0 aliphatic carbocycles. The molecule has 1 saturated heterocycles. The van der Waals surface area contributed by atoms with Crippen molar-refractivity contribution in [1.82, 2.24) is 20.2 Å². The molecule has 2 heterocycles. The summed E-state index contributed by atoms with van der Waals surface area (Å²) in [5.74, 6) is -0.517. The number of amides is 2. The quantitative estimate of drug-likeness (QED) is 0.834. The van der Waals surface area contributed by atoms with Crippen LogP contribution in [0.1, 0.15) is 32.9 Å². The zero-order chi connectivity index (χ0) is 19.3. The first-order valence-electron chi connectivity index (χ1n) is 8.43. The van der Waals surface area contributed by atoms with E-state index in [9.17, 15) is 9.59 Å². The Morgan fingerprint density at radius 3 is 2.65 bits per heavy atom. The number of carbonyl (C=O) groups excluding carboxylic acids is 2. The van der Waals surface area contributed by atoms with Crippen molar-refractivity contribution in [2.24, 2.45) is 5.92 Å². The van der Waals surface area contributed by atoms with Gasteiger partial charge < -0.3 is 19.7 Å². The number of ether oxygens (including phenoxy) is 2. The van der Waals surface area contributed by atoms with Gasteiger partial charge in [0.2, 0.25) is 5.91 Å². The Balaban J connectivity index is 1.98. The summed E-state index contributed by atoms with van der Waals surface area (Å²) in [5.41, 5.74) is -0.101. The van der Waals surface area contributed by atoms with E-state index in [-0.39, 0.29) is 36.1 Å². The van der Waals surface area contributed by atoms with Gasteiger partial charge in [0, 0.05) is 26.0 Å². The smallest absolute Gasteiger partial charge is 0.410 e. The number of hydrogen-bond acceptors (Lipinski definition) is 6. The Kier molecular flexibility index (Phi) is 6.77. The monoisotopic (exact) mass is 384 g/mol. The van der Waals surface area contributed by atoms with Crippen LogP contribution in [0, 0.1) is 5.92 Å². The molecule has 8 nitrogen and oxygen atoms in total. The summed E-state index contributed by atoms with van der Waals surface area (Å²) in [4.78, 5) is 34.5. The Morgan fingerprint density at radius 1 is 1.35 bits per heavy atom. The van der Waals surface area contributed by atoms with E-state index in [4.69, 9.17) is 21.1 Å². The molecular weight excluding hydrogens is 360 g/mol. The van der Waals surface area contributed by atoms with Gasteiger partial charge in [0.15, 0.2) is 5.15 Å². The first kappa shape index (κ1) is 20.4. The number of nitrogens with one attached hydrogen (secondary N) is 1. The minimum Gasteiger partial charge on any atom is -0.444 e. The van der Waals surface area contributed by atoms with Crippen molar-refractivity contribution < 1.29 is 19.1 Å². The van der Waals surface area contributed by atoms with Crippen LogP contribution in [0.3, 0.4) is 0 Å². The van der Waals surface area contributed by atoms with Crippen LogP contribution in [-0.2, 0) is 20.8 Å². The van der Waals surface area contributed by atoms with Crippen molar-refractivity contribution in [3.05, 3.63) is 23.2 Å². The van der Waals surface area contributed by atoms with Gasteiger partial charge in [-0.25, -0.2) is 9.78 Å². The van der Waals surface area contributed by atoms with Crippen LogP contribution in [0.5, 0.6) is 0 Å². The number of rotatable bonds is 5. The Bertz CT molecular complexity index is 650. The number of halogens is 1. The maximum atomic E-state index is 12.5. The number of aromatic nitrogens is 2. The molecular formula is C17H25ClN4O4. The van der Waals surface area contributed by atoms with Crippen molar-refractivity contribution in [2.75, 3.05) is 20.3 Å². The highest BCUT2D eigenvalue weighted by Gasteiger charge is 2.40. The number of likely N-dealkylation sites (tertiary alicyclic amines) is 1. The van der Waals surface area contributed by atoms with Gasteiger partial charge in [-0.3, -0.25) is 9.78 Å². The van der Waals surface area contributed by atoms with Crippen molar-refractivity contribution in [1.29, 1.82) is 0 Å². The van der Waals surface area contributed by atoms with E-state index in [1.54, 1.807) is 32.8 Å². The lowest BCUT2D eigenvalue weighted by molar-refractivity contribution is -0.124. The first-order chi connectivity index (χ1) is 12.2. The minimum absolute atomic E-state index is 0.168. The van der Waals surface area contributed by atoms with E-state index < -0.39 is 11.7 Å². The third-order valence-electron chi connectivity index (χ3n) is 3.93. The highest BCUT2D eigenvalue weighted by Crippen LogP contribution is 2.26. The Morgan fingerprint density at radius 2 is 2.04 bits per heavy atom. The molecule has 1 N–H and O–H groups in total. The summed E-state index contributed by atoms with van der Waals surface area (Å²) in [6.45, 7) is 6.23. The molecule has 1 unspecified atom stereocenters. The Labute approximate surface area is 158 Å². The average molecular weight is 385 g/mol. The van der Waals surface area contributed by atoms with E-state index in [0.717, 1.165) is 0 Å². The lowest BCUT2D eigenvalue weighted by atomic mass is 10.1. The molecule has 0 saturated carbocycles. The third kappa shape index (κ3) is 5.54. The van der Waals surface area contributed by atoms with Gasteiger partial charge in [-0.15, -0.1) is 0 Å². The lowest BCUT2D eigenvalue weighted by Crippen LogP contribution is -2.42. The average Bonchev–Trinajstić information content (AvgIpc) is 2.97. The molecule has 144 valence electrons. The van der Waals surface area contributed by atoms with E-state index in [2.05, 4.69) is 15.3 Å². The van der Waals surface area contributed by atoms with Gasteiger partial charge >= 0.3 is 6.09 Å². The highest BCUT2D eigenvalue weighted by atomic mass is 35.5. The predicted octanol–water partition coefficient (Wildman–Crippen LogP) is 2.02.